The van der Waals surface area contributed by atoms with E-state index in [0.29, 0.717) is 22.6 Å². The first-order valence-corrected chi connectivity index (χ1v) is 7.25. The Kier molecular flexibility index (Phi) is 3.54. The molecule has 3 rings (SSSR count). The van der Waals surface area contributed by atoms with E-state index in [1.807, 2.05) is 40.8 Å². The second-order valence-electron chi connectivity index (χ2n) is 4.57. The molecule has 0 amide bonds. The van der Waals surface area contributed by atoms with Gasteiger partial charge in [-0.1, -0.05) is 18.2 Å². The highest BCUT2D eigenvalue weighted by molar-refractivity contribution is 14.1. The Balaban J connectivity index is 1.93. The Hall–Kier alpha value is -1.37. The number of nitrogens with zero attached hydrogens (tertiary/aromatic N) is 2. The topological polar surface area (TPSA) is 44.1 Å². The van der Waals surface area contributed by atoms with E-state index in [4.69, 9.17) is 4.74 Å². The van der Waals surface area contributed by atoms with Gasteiger partial charge in [-0.05, 0) is 40.6 Å². The zero-order chi connectivity index (χ0) is 13.2. The van der Waals surface area contributed by atoms with Crippen molar-refractivity contribution in [1.82, 2.24) is 9.55 Å². The van der Waals surface area contributed by atoms with E-state index < -0.39 is 0 Å². The second-order valence-corrected chi connectivity index (χ2v) is 5.73. The Bertz CT molecular complexity index is 654. The Morgan fingerprint density at radius 1 is 1.42 bits per heavy atom. The van der Waals surface area contributed by atoms with Gasteiger partial charge in [0.15, 0.2) is 0 Å². The third kappa shape index (κ3) is 2.51. The molecule has 5 heteroatoms. The molecular weight excluding hydrogens is 355 g/mol. The molecule has 1 atom stereocenters. The smallest absolute Gasteiger partial charge is 0.266 e. The van der Waals surface area contributed by atoms with Crippen LogP contribution in [0.25, 0.3) is 0 Å². The van der Waals surface area contributed by atoms with Gasteiger partial charge in [0.1, 0.15) is 5.75 Å². The summed E-state index contributed by atoms with van der Waals surface area (Å²) in [5.74, 6) is 1.24. The number of benzene rings is 1. The molecule has 1 aromatic heterocycles. The first-order valence-electron chi connectivity index (χ1n) is 6.17. The van der Waals surface area contributed by atoms with Crippen molar-refractivity contribution in [3.8, 4) is 5.75 Å². The molecule has 0 N–H and O–H groups in total. The summed E-state index contributed by atoms with van der Waals surface area (Å²) in [6, 6.07) is 8.04. The molecule has 2 heterocycles. The molecule has 1 unspecified atom stereocenters. The summed E-state index contributed by atoms with van der Waals surface area (Å²) in [4.78, 5) is 16.1. The predicted molar refractivity (Wildman–Crippen MR) is 80.5 cm³/mol. The van der Waals surface area contributed by atoms with Crippen LogP contribution >= 0.6 is 22.6 Å². The van der Waals surface area contributed by atoms with Crippen molar-refractivity contribution in [1.29, 1.82) is 0 Å². The summed E-state index contributed by atoms with van der Waals surface area (Å²) in [5.41, 5.74) is 1.21. The van der Waals surface area contributed by atoms with Crippen molar-refractivity contribution in [2.75, 3.05) is 6.61 Å². The van der Waals surface area contributed by atoms with E-state index >= 15 is 0 Å². The van der Waals surface area contributed by atoms with Gasteiger partial charge < -0.3 is 4.74 Å². The molecule has 0 fully saturated rings. The summed E-state index contributed by atoms with van der Waals surface area (Å²) >= 11 is 2.02. The number of halogens is 1. The first-order chi connectivity index (χ1) is 9.25. The number of para-hydroxylation sites is 1. The van der Waals surface area contributed by atoms with Crippen LogP contribution in [-0.2, 0) is 6.54 Å². The van der Waals surface area contributed by atoms with E-state index in [2.05, 4.69) is 11.1 Å². The average Bonchev–Trinajstić information content (AvgIpc) is 2.44. The SMILES string of the molecule is O=c1c(I)cncn1CC1CCOc2ccccc21. The Labute approximate surface area is 124 Å². The monoisotopic (exact) mass is 368 g/mol. The normalized spacial score (nSPS) is 17.6. The van der Waals surface area contributed by atoms with Crippen LogP contribution in [0.2, 0.25) is 0 Å². The lowest BCUT2D eigenvalue weighted by molar-refractivity contribution is 0.258. The van der Waals surface area contributed by atoms with Crippen LogP contribution in [0, 0.1) is 3.57 Å². The molecule has 0 radical (unpaired) electrons. The highest BCUT2D eigenvalue weighted by Gasteiger charge is 2.21. The van der Waals surface area contributed by atoms with Gasteiger partial charge in [0.2, 0.25) is 0 Å². The van der Waals surface area contributed by atoms with E-state index in [-0.39, 0.29) is 5.56 Å². The van der Waals surface area contributed by atoms with Crippen LogP contribution in [0.5, 0.6) is 5.75 Å². The van der Waals surface area contributed by atoms with Gasteiger partial charge in [-0.2, -0.15) is 0 Å². The fraction of sp³-hybridized carbons (Fsp3) is 0.286. The van der Waals surface area contributed by atoms with Crippen LogP contribution in [0.1, 0.15) is 17.9 Å². The highest BCUT2D eigenvalue weighted by atomic mass is 127. The average molecular weight is 368 g/mol. The quantitative estimate of drug-likeness (QED) is 0.765. The van der Waals surface area contributed by atoms with Crippen molar-refractivity contribution in [2.45, 2.75) is 18.9 Å². The fourth-order valence-electron chi connectivity index (χ4n) is 2.40. The molecule has 4 nitrogen and oxygen atoms in total. The van der Waals surface area contributed by atoms with Gasteiger partial charge >= 0.3 is 0 Å². The Morgan fingerprint density at radius 3 is 3.16 bits per heavy atom. The third-order valence-corrected chi connectivity index (χ3v) is 4.10. The molecule has 19 heavy (non-hydrogen) atoms. The zero-order valence-electron chi connectivity index (χ0n) is 10.3. The van der Waals surface area contributed by atoms with Crippen molar-refractivity contribution >= 4 is 22.6 Å². The van der Waals surface area contributed by atoms with Crippen molar-refractivity contribution in [2.24, 2.45) is 0 Å². The van der Waals surface area contributed by atoms with Gasteiger partial charge in [-0.25, -0.2) is 4.98 Å². The van der Waals surface area contributed by atoms with Gasteiger partial charge in [-0.15, -0.1) is 0 Å². The molecule has 0 aliphatic carbocycles. The van der Waals surface area contributed by atoms with E-state index in [1.54, 1.807) is 17.1 Å². The summed E-state index contributed by atoms with van der Waals surface area (Å²) in [7, 11) is 0. The molecule has 0 spiro atoms. The van der Waals surface area contributed by atoms with Gasteiger partial charge in [0.25, 0.3) is 5.56 Å². The van der Waals surface area contributed by atoms with Crippen LogP contribution in [-0.4, -0.2) is 16.2 Å². The van der Waals surface area contributed by atoms with Gasteiger partial charge in [0, 0.05) is 18.7 Å². The highest BCUT2D eigenvalue weighted by Crippen LogP contribution is 2.33. The van der Waals surface area contributed by atoms with E-state index in [1.165, 1.54) is 5.56 Å². The number of aromatic nitrogens is 2. The maximum atomic E-state index is 12.0. The summed E-state index contributed by atoms with van der Waals surface area (Å²) < 4.78 is 7.98. The maximum absolute atomic E-state index is 12.0. The van der Waals surface area contributed by atoms with Crippen LogP contribution in [0.3, 0.4) is 0 Å². The van der Waals surface area contributed by atoms with Gasteiger partial charge in [-0.3, -0.25) is 9.36 Å². The largest absolute Gasteiger partial charge is 0.493 e. The Morgan fingerprint density at radius 2 is 2.26 bits per heavy atom. The van der Waals surface area contributed by atoms with Crippen molar-refractivity contribution < 1.29 is 4.74 Å². The van der Waals surface area contributed by atoms with Gasteiger partial charge in [0.05, 0.1) is 16.5 Å². The van der Waals surface area contributed by atoms with E-state index in [0.717, 1.165) is 12.2 Å². The molecule has 0 saturated carbocycles. The molecule has 98 valence electrons. The minimum absolute atomic E-state index is 0.0274. The van der Waals surface area contributed by atoms with E-state index in [9.17, 15) is 4.79 Å². The molecule has 1 aliphatic heterocycles. The number of hydrogen-bond donors (Lipinski definition) is 0. The van der Waals surface area contributed by atoms with Crippen LogP contribution in [0.15, 0.2) is 41.6 Å². The summed E-state index contributed by atoms with van der Waals surface area (Å²) in [5, 5.41) is 0. The molecule has 1 aliphatic rings. The minimum Gasteiger partial charge on any atom is -0.493 e. The number of fused-ring (bicyclic) bond motifs is 1. The molecule has 0 bridgehead atoms. The lowest BCUT2D eigenvalue weighted by atomic mass is 9.93. The molecular formula is C14H13IN2O2. The lowest BCUT2D eigenvalue weighted by Gasteiger charge is -2.26. The number of ether oxygens (including phenoxy) is 1. The molecule has 2 aromatic rings. The maximum Gasteiger partial charge on any atom is 0.266 e. The van der Waals surface area contributed by atoms with Crippen LogP contribution in [0.4, 0.5) is 0 Å². The molecule has 1 aromatic carbocycles. The van der Waals surface area contributed by atoms with Crippen LogP contribution < -0.4 is 10.3 Å². The predicted octanol–water partition coefficient (Wildman–Crippen LogP) is 2.41. The summed E-state index contributed by atoms with van der Waals surface area (Å²) in [6.45, 7) is 1.36. The number of hydrogen-bond acceptors (Lipinski definition) is 3. The minimum atomic E-state index is 0.0274. The second kappa shape index (κ2) is 5.32. The number of rotatable bonds is 2. The zero-order valence-corrected chi connectivity index (χ0v) is 12.4. The summed E-state index contributed by atoms with van der Waals surface area (Å²) in [6.07, 6.45) is 4.13. The third-order valence-electron chi connectivity index (χ3n) is 3.36. The standard InChI is InChI=1S/C14H13IN2O2/c15-12-7-16-9-17(14(12)18)8-10-5-6-19-13-4-2-1-3-11(10)13/h1-4,7,9-10H,5-6,8H2. The lowest BCUT2D eigenvalue weighted by Crippen LogP contribution is -2.27. The molecule has 0 saturated heterocycles. The van der Waals surface area contributed by atoms with Crippen molar-refractivity contribution in [3.05, 3.63) is 56.3 Å². The first kappa shape index (κ1) is 12.7. The fourth-order valence-corrected chi connectivity index (χ4v) is 2.87. The van der Waals surface area contributed by atoms with Crippen molar-refractivity contribution in [3.63, 3.8) is 0 Å².